The van der Waals surface area contributed by atoms with E-state index in [9.17, 15) is 4.79 Å². The van der Waals surface area contributed by atoms with Gasteiger partial charge in [-0.05, 0) is 46.5 Å². The first-order valence-corrected chi connectivity index (χ1v) is 6.62. The van der Waals surface area contributed by atoms with Gasteiger partial charge >= 0.3 is 0 Å². The number of anilines is 1. The van der Waals surface area contributed by atoms with Gasteiger partial charge in [0.05, 0.1) is 18.5 Å². The summed E-state index contributed by atoms with van der Waals surface area (Å²) in [5, 5.41) is 6.60. The van der Waals surface area contributed by atoms with Crippen LogP contribution in [0.15, 0.2) is 22.7 Å². The van der Waals surface area contributed by atoms with Crippen LogP contribution in [0.2, 0.25) is 0 Å². The second-order valence-electron chi connectivity index (χ2n) is 3.49. The molecule has 1 aromatic heterocycles. The molecule has 0 aliphatic carbocycles. The van der Waals surface area contributed by atoms with Gasteiger partial charge in [-0.25, -0.2) is 0 Å². The summed E-state index contributed by atoms with van der Waals surface area (Å²) in [5.41, 5.74) is 1.27. The van der Waals surface area contributed by atoms with E-state index in [0.717, 1.165) is 16.0 Å². The summed E-state index contributed by atoms with van der Waals surface area (Å²) in [7, 11) is 1.58. The lowest BCUT2D eigenvalue weighted by Crippen LogP contribution is -2.12. The molecule has 5 nitrogen and oxygen atoms in total. The molecule has 1 N–H and O–H groups in total. The zero-order chi connectivity index (χ0) is 13.1. The predicted molar refractivity (Wildman–Crippen MR) is 73.3 cm³/mol. The van der Waals surface area contributed by atoms with Crippen molar-refractivity contribution in [2.24, 2.45) is 0 Å². The number of carbonyl (C=O) groups excluding carboxylic acids is 1. The van der Waals surface area contributed by atoms with Crippen LogP contribution in [0, 0.1) is 6.92 Å². The van der Waals surface area contributed by atoms with E-state index in [1.165, 1.54) is 0 Å². The van der Waals surface area contributed by atoms with E-state index in [2.05, 4.69) is 30.8 Å². The van der Waals surface area contributed by atoms with Crippen LogP contribution >= 0.6 is 27.5 Å². The van der Waals surface area contributed by atoms with Crippen LogP contribution in [0.1, 0.15) is 15.4 Å². The fourth-order valence-corrected chi connectivity index (χ4v) is 2.24. The lowest BCUT2D eigenvalue weighted by atomic mass is 10.3. The molecule has 1 amide bonds. The number of amides is 1. The van der Waals surface area contributed by atoms with Crippen molar-refractivity contribution in [2.45, 2.75) is 6.92 Å². The number of rotatable bonds is 3. The number of hydrogen-bond acceptors (Lipinski definition) is 5. The van der Waals surface area contributed by atoms with Crippen molar-refractivity contribution in [2.75, 3.05) is 12.4 Å². The Morgan fingerprint density at radius 3 is 2.89 bits per heavy atom. The highest BCUT2D eigenvalue weighted by Gasteiger charge is 2.14. The maximum Gasteiger partial charge on any atom is 0.269 e. The van der Waals surface area contributed by atoms with Crippen LogP contribution in [0.25, 0.3) is 0 Å². The Morgan fingerprint density at radius 2 is 2.28 bits per heavy atom. The molecule has 0 atom stereocenters. The summed E-state index contributed by atoms with van der Waals surface area (Å²) in [6.45, 7) is 1.75. The van der Waals surface area contributed by atoms with Crippen LogP contribution in [-0.4, -0.2) is 22.6 Å². The molecule has 0 aliphatic rings. The first kappa shape index (κ1) is 13.0. The number of nitrogens with zero attached hydrogens (tertiary/aromatic N) is 2. The molecule has 1 heterocycles. The SMILES string of the molecule is COc1ccc(Br)c(NC(=O)c2snnc2C)c1. The Morgan fingerprint density at radius 1 is 1.50 bits per heavy atom. The Labute approximate surface area is 116 Å². The van der Waals surface area contributed by atoms with Gasteiger partial charge in [-0.2, -0.15) is 0 Å². The molecule has 0 unspecified atom stereocenters. The van der Waals surface area contributed by atoms with E-state index < -0.39 is 0 Å². The normalized spacial score (nSPS) is 10.2. The number of halogens is 1. The number of hydrogen-bond donors (Lipinski definition) is 1. The molecule has 0 spiro atoms. The Balaban J connectivity index is 2.24. The fraction of sp³-hybridized carbons (Fsp3) is 0.182. The van der Waals surface area contributed by atoms with Crippen molar-refractivity contribution in [3.05, 3.63) is 33.2 Å². The van der Waals surface area contributed by atoms with Crippen LogP contribution < -0.4 is 10.1 Å². The highest BCUT2D eigenvalue weighted by molar-refractivity contribution is 9.10. The molecule has 18 heavy (non-hydrogen) atoms. The highest BCUT2D eigenvalue weighted by atomic mass is 79.9. The molecule has 2 aromatic rings. The lowest BCUT2D eigenvalue weighted by Gasteiger charge is -2.08. The average Bonchev–Trinajstić information content (AvgIpc) is 2.78. The number of nitrogens with one attached hydrogen (secondary N) is 1. The van der Waals surface area contributed by atoms with Crippen molar-refractivity contribution in [1.29, 1.82) is 0 Å². The van der Waals surface area contributed by atoms with Crippen molar-refractivity contribution in [1.82, 2.24) is 9.59 Å². The van der Waals surface area contributed by atoms with Gasteiger partial charge in [0, 0.05) is 10.5 Å². The second-order valence-corrected chi connectivity index (χ2v) is 5.10. The number of carbonyl (C=O) groups is 1. The van der Waals surface area contributed by atoms with Crippen molar-refractivity contribution >= 4 is 39.1 Å². The number of ether oxygens (including phenoxy) is 1. The van der Waals surface area contributed by atoms with Crippen LogP contribution in [0.5, 0.6) is 5.75 Å². The van der Waals surface area contributed by atoms with Crippen molar-refractivity contribution in [3.8, 4) is 5.75 Å². The largest absolute Gasteiger partial charge is 0.497 e. The molecule has 0 saturated carbocycles. The third-order valence-corrected chi connectivity index (χ3v) is 3.80. The molecule has 2 rings (SSSR count). The molecule has 0 aliphatic heterocycles. The van der Waals surface area contributed by atoms with Gasteiger partial charge in [0.2, 0.25) is 0 Å². The minimum atomic E-state index is -0.226. The summed E-state index contributed by atoms with van der Waals surface area (Å²) < 4.78 is 9.63. The maximum atomic E-state index is 12.0. The fourth-order valence-electron chi connectivity index (χ4n) is 1.35. The topological polar surface area (TPSA) is 64.1 Å². The highest BCUT2D eigenvalue weighted by Crippen LogP contribution is 2.27. The molecular weight excluding hydrogens is 318 g/mol. The molecule has 1 aromatic carbocycles. The first-order valence-electron chi connectivity index (χ1n) is 5.05. The molecule has 0 fully saturated rings. The maximum absolute atomic E-state index is 12.0. The van der Waals surface area contributed by atoms with Gasteiger partial charge in [-0.15, -0.1) is 5.10 Å². The molecule has 0 radical (unpaired) electrons. The molecule has 94 valence electrons. The van der Waals surface area contributed by atoms with Gasteiger partial charge in [0.1, 0.15) is 10.6 Å². The summed E-state index contributed by atoms with van der Waals surface area (Å²) in [5.74, 6) is 0.448. The Kier molecular flexibility index (Phi) is 3.93. The zero-order valence-corrected chi connectivity index (χ0v) is 12.1. The van der Waals surface area contributed by atoms with Gasteiger partial charge < -0.3 is 10.1 Å². The minimum absolute atomic E-state index is 0.226. The van der Waals surface area contributed by atoms with E-state index in [1.54, 1.807) is 26.2 Å². The van der Waals surface area contributed by atoms with Gasteiger partial charge in [0.25, 0.3) is 5.91 Å². The number of aromatic nitrogens is 2. The molecular formula is C11H10BrN3O2S. The zero-order valence-electron chi connectivity index (χ0n) is 9.73. The number of benzene rings is 1. The first-order chi connectivity index (χ1) is 8.61. The third-order valence-electron chi connectivity index (χ3n) is 2.28. The Hall–Kier alpha value is -1.47. The second kappa shape index (κ2) is 5.45. The van der Waals surface area contributed by atoms with Gasteiger partial charge in [-0.3, -0.25) is 4.79 Å². The van der Waals surface area contributed by atoms with Crippen molar-refractivity contribution in [3.63, 3.8) is 0 Å². The number of aryl methyl sites for hydroxylation is 1. The monoisotopic (exact) mass is 327 g/mol. The van der Waals surface area contributed by atoms with Crippen LogP contribution in [0.4, 0.5) is 5.69 Å². The Bertz CT molecular complexity index is 585. The van der Waals surface area contributed by atoms with E-state index >= 15 is 0 Å². The minimum Gasteiger partial charge on any atom is -0.497 e. The average molecular weight is 328 g/mol. The van der Waals surface area contributed by atoms with Crippen LogP contribution in [0.3, 0.4) is 0 Å². The summed E-state index contributed by atoms with van der Waals surface area (Å²) in [6.07, 6.45) is 0. The van der Waals surface area contributed by atoms with Gasteiger partial charge in [0.15, 0.2) is 0 Å². The molecule has 0 saturated heterocycles. The van der Waals surface area contributed by atoms with E-state index in [1.807, 2.05) is 6.07 Å². The van der Waals surface area contributed by atoms with Crippen LogP contribution in [-0.2, 0) is 0 Å². The van der Waals surface area contributed by atoms with E-state index in [4.69, 9.17) is 4.74 Å². The number of methoxy groups -OCH3 is 1. The molecule has 7 heteroatoms. The summed E-state index contributed by atoms with van der Waals surface area (Å²) in [6, 6.07) is 5.36. The predicted octanol–water partition coefficient (Wildman–Crippen LogP) is 2.87. The summed E-state index contributed by atoms with van der Waals surface area (Å²) in [4.78, 5) is 12.5. The van der Waals surface area contributed by atoms with Crippen molar-refractivity contribution < 1.29 is 9.53 Å². The lowest BCUT2D eigenvalue weighted by molar-refractivity contribution is 0.102. The van der Waals surface area contributed by atoms with E-state index in [-0.39, 0.29) is 5.91 Å². The standard InChI is InChI=1S/C11H10BrN3O2S/c1-6-10(18-15-14-6)11(16)13-9-5-7(17-2)3-4-8(9)12/h3-5H,1-2H3,(H,13,16). The quantitative estimate of drug-likeness (QED) is 0.941. The third kappa shape index (κ3) is 2.68. The van der Waals surface area contributed by atoms with E-state index in [0.29, 0.717) is 22.0 Å². The summed E-state index contributed by atoms with van der Waals surface area (Å²) >= 11 is 4.44. The molecule has 0 bridgehead atoms. The smallest absolute Gasteiger partial charge is 0.269 e. The van der Waals surface area contributed by atoms with Gasteiger partial charge in [-0.1, -0.05) is 4.49 Å².